The molecule has 162 valence electrons. The Bertz CT molecular complexity index is 766. The molecule has 0 spiro atoms. The lowest BCUT2D eigenvalue weighted by atomic mass is 9.49. The fraction of sp³-hybridized carbons (Fsp3) is 0.667. The molecule has 4 saturated carbocycles. The Kier molecular flexibility index (Phi) is 5.56. The fourth-order valence-corrected chi connectivity index (χ4v) is 7.30. The van der Waals surface area contributed by atoms with Crippen LogP contribution in [0.4, 0.5) is 5.69 Å². The lowest BCUT2D eigenvalue weighted by molar-refractivity contribution is -0.159. The summed E-state index contributed by atoms with van der Waals surface area (Å²) in [7, 11) is 0. The minimum absolute atomic E-state index is 0.0211. The molecule has 0 aromatic heterocycles. The number of anilines is 1. The largest absolute Gasteiger partial charge is 0.340 e. The van der Waals surface area contributed by atoms with E-state index in [0.717, 1.165) is 68.9 Å². The summed E-state index contributed by atoms with van der Waals surface area (Å²) >= 11 is 1.69. The average molecular weight is 428 g/mol. The maximum absolute atomic E-state index is 13.5. The molecule has 0 atom stereocenters. The molecular formula is C24H33N3O2S. The summed E-state index contributed by atoms with van der Waals surface area (Å²) in [6.45, 7) is 3.49. The predicted molar refractivity (Wildman–Crippen MR) is 120 cm³/mol. The van der Waals surface area contributed by atoms with Crippen molar-refractivity contribution >= 4 is 29.3 Å². The van der Waals surface area contributed by atoms with Gasteiger partial charge in [-0.2, -0.15) is 0 Å². The number of carbonyl (C=O) groups excluding carboxylic acids is 2. The monoisotopic (exact) mass is 427 g/mol. The Hall–Kier alpha value is -1.53. The number of hydrogen-bond donors (Lipinski definition) is 1. The van der Waals surface area contributed by atoms with Crippen LogP contribution in [0.25, 0.3) is 0 Å². The highest BCUT2D eigenvalue weighted by molar-refractivity contribution is 7.98. The van der Waals surface area contributed by atoms with Gasteiger partial charge in [0.2, 0.25) is 11.8 Å². The molecule has 5 fully saturated rings. The lowest BCUT2D eigenvalue weighted by Gasteiger charge is -2.57. The van der Waals surface area contributed by atoms with E-state index in [-0.39, 0.29) is 11.3 Å². The van der Waals surface area contributed by atoms with E-state index in [9.17, 15) is 9.59 Å². The molecule has 1 aromatic carbocycles. The molecule has 1 saturated heterocycles. The van der Waals surface area contributed by atoms with Crippen LogP contribution in [0, 0.1) is 23.2 Å². The molecule has 0 radical (unpaired) electrons. The summed E-state index contributed by atoms with van der Waals surface area (Å²) in [6.07, 6.45) is 9.56. The van der Waals surface area contributed by atoms with Crippen molar-refractivity contribution in [3.8, 4) is 0 Å². The number of hydrogen-bond acceptors (Lipinski definition) is 4. The van der Waals surface area contributed by atoms with E-state index < -0.39 is 0 Å². The van der Waals surface area contributed by atoms with Crippen molar-refractivity contribution in [2.75, 3.05) is 44.3 Å². The van der Waals surface area contributed by atoms with Gasteiger partial charge < -0.3 is 10.2 Å². The SMILES string of the molecule is CSc1ccc(NC(=O)CN2CCN(C(=O)C34CC5CC(CC(C5)C3)C4)CC2)cc1. The van der Waals surface area contributed by atoms with Crippen LogP contribution in [0.15, 0.2) is 29.2 Å². The molecule has 30 heavy (non-hydrogen) atoms. The van der Waals surface area contributed by atoms with Gasteiger partial charge in [0, 0.05) is 36.8 Å². The summed E-state index contributed by atoms with van der Waals surface area (Å²) in [5.74, 6) is 2.85. The first-order valence-electron chi connectivity index (χ1n) is 11.5. The van der Waals surface area contributed by atoms with Crippen LogP contribution in [0.1, 0.15) is 38.5 Å². The number of carbonyl (C=O) groups is 2. The van der Waals surface area contributed by atoms with Crippen LogP contribution in [0.2, 0.25) is 0 Å². The number of rotatable bonds is 5. The quantitative estimate of drug-likeness (QED) is 0.728. The molecule has 5 aliphatic rings. The minimum Gasteiger partial charge on any atom is -0.340 e. The number of piperazine rings is 1. The van der Waals surface area contributed by atoms with Crippen LogP contribution < -0.4 is 5.32 Å². The maximum atomic E-state index is 13.5. The van der Waals surface area contributed by atoms with Crippen LogP contribution >= 0.6 is 11.8 Å². The highest BCUT2D eigenvalue weighted by atomic mass is 32.2. The summed E-state index contributed by atoms with van der Waals surface area (Å²) in [4.78, 5) is 31.4. The van der Waals surface area contributed by atoms with E-state index in [0.29, 0.717) is 12.5 Å². The van der Waals surface area contributed by atoms with Crippen molar-refractivity contribution in [3.63, 3.8) is 0 Å². The van der Waals surface area contributed by atoms with Crippen molar-refractivity contribution in [3.05, 3.63) is 24.3 Å². The molecule has 6 heteroatoms. The highest BCUT2D eigenvalue weighted by Gasteiger charge is 2.55. The third kappa shape index (κ3) is 4.01. The summed E-state index contributed by atoms with van der Waals surface area (Å²) in [5.41, 5.74) is 0.797. The number of nitrogens with one attached hydrogen (secondary N) is 1. The van der Waals surface area contributed by atoms with Gasteiger partial charge in [-0.3, -0.25) is 14.5 Å². The lowest BCUT2D eigenvalue weighted by Crippen LogP contribution is -2.58. The number of amides is 2. The molecule has 2 amide bonds. The van der Waals surface area contributed by atoms with Crippen molar-refractivity contribution in [2.24, 2.45) is 23.2 Å². The van der Waals surface area contributed by atoms with Gasteiger partial charge in [-0.05, 0) is 86.8 Å². The molecule has 1 aromatic rings. The predicted octanol–water partition coefficient (Wildman–Crippen LogP) is 3.71. The van der Waals surface area contributed by atoms with E-state index in [1.807, 2.05) is 30.5 Å². The number of benzene rings is 1. The normalized spacial score (nSPS) is 33.0. The van der Waals surface area contributed by atoms with Crippen LogP contribution in [0.5, 0.6) is 0 Å². The van der Waals surface area contributed by atoms with E-state index >= 15 is 0 Å². The van der Waals surface area contributed by atoms with E-state index in [1.165, 1.54) is 24.2 Å². The molecule has 6 rings (SSSR count). The topological polar surface area (TPSA) is 52.7 Å². The molecule has 4 bridgehead atoms. The van der Waals surface area contributed by atoms with Gasteiger partial charge in [0.15, 0.2) is 0 Å². The maximum Gasteiger partial charge on any atom is 0.238 e. The molecule has 0 unspecified atom stereocenters. The second-order valence-electron chi connectivity index (χ2n) is 10.0. The zero-order chi connectivity index (χ0) is 20.7. The number of thioether (sulfide) groups is 1. The van der Waals surface area contributed by atoms with Gasteiger partial charge in [0.05, 0.1) is 12.0 Å². The first-order chi connectivity index (χ1) is 14.5. The summed E-state index contributed by atoms with van der Waals surface area (Å²) < 4.78 is 0. The second-order valence-corrected chi connectivity index (χ2v) is 10.9. The first kappa shape index (κ1) is 20.4. The van der Waals surface area contributed by atoms with E-state index in [1.54, 1.807) is 11.8 Å². The Morgan fingerprint density at radius 2 is 1.53 bits per heavy atom. The fourth-order valence-electron chi connectivity index (χ4n) is 6.90. The minimum atomic E-state index is -0.0444. The second kappa shape index (κ2) is 8.19. The summed E-state index contributed by atoms with van der Waals surface area (Å²) in [5, 5.41) is 2.99. The molecule has 4 aliphatic carbocycles. The number of nitrogens with zero attached hydrogens (tertiary/aromatic N) is 2. The van der Waals surface area contributed by atoms with Crippen LogP contribution in [0.3, 0.4) is 0 Å². The standard InChI is InChI=1S/C24H33N3O2S/c1-30-21-4-2-20(3-5-21)25-22(28)16-26-6-8-27(9-7-26)23(29)24-13-17-10-18(14-24)12-19(11-17)15-24/h2-5,17-19H,6-16H2,1H3,(H,25,28). The van der Waals surface area contributed by atoms with Crippen molar-refractivity contribution in [2.45, 2.75) is 43.4 Å². The van der Waals surface area contributed by atoms with Gasteiger partial charge in [0.25, 0.3) is 0 Å². The summed E-state index contributed by atoms with van der Waals surface area (Å²) in [6, 6.07) is 7.95. The molecule has 1 heterocycles. The Morgan fingerprint density at radius 3 is 2.07 bits per heavy atom. The van der Waals surface area contributed by atoms with E-state index in [4.69, 9.17) is 0 Å². The average Bonchev–Trinajstić information content (AvgIpc) is 2.73. The Morgan fingerprint density at radius 1 is 0.967 bits per heavy atom. The first-order valence-corrected chi connectivity index (χ1v) is 12.7. The Labute approximate surface area is 183 Å². The van der Waals surface area contributed by atoms with Gasteiger partial charge in [-0.25, -0.2) is 0 Å². The smallest absolute Gasteiger partial charge is 0.238 e. The molecule has 5 nitrogen and oxygen atoms in total. The molecule has 1 N–H and O–H groups in total. The van der Waals surface area contributed by atoms with Crippen LogP contribution in [-0.4, -0.2) is 60.6 Å². The zero-order valence-electron chi connectivity index (χ0n) is 17.9. The molecule has 1 aliphatic heterocycles. The van der Waals surface area contributed by atoms with Crippen LogP contribution in [-0.2, 0) is 9.59 Å². The van der Waals surface area contributed by atoms with Crippen molar-refractivity contribution in [1.29, 1.82) is 0 Å². The molecular weight excluding hydrogens is 394 g/mol. The third-order valence-corrected chi connectivity index (χ3v) is 8.64. The van der Waals surface area contributed by atoms with E-state index in [2.05, 4.69) is 15.1 Å². The van der Waals surface area contributed by atoms with Crippen molar-refractivity contribution < 1.29 is 9.59 Å². The van der Waals surface area contributed by atoms with Gasteiger partial charge in [-0.1, -0.05) is 0 Å². The highest BCUT2D eigenvalue weighted by Crippen LogP contribution is 2.60. The van der Waals surface area contributed by atoms with Gasteiger partial charge >= 0.3 is 0 Å². The van der Waals surface area contributed by atoms with Crippen molar-refractivity contribution in [1.82, 2.24) is 9.80 Å². The zero-order valence-corrected chi connectivity index (χ0v) is 18.8. The Balaban J connectivity index is 1.12. The third-order valence-electron chi connectivity index (χ3n) is 7.89. The van der Waals surface area contributed by atoms with Gasteiger partial charge in [0.1, 0.15) is 0 Å². The van der Waals surface area contributed by atoms with Gasteiger partial charge in [-0.15, -0.1) is 11.8 Å².